The monoisotopic (exact) mass is 388 g/mol. The number of hydrogen-bond donors (Lipinski definition) is 5. The zero-order chi connectivity index (χ0) is 20.3. The molecule has 1 aromatic carbocycles. The summed E-state index contributed by atoms with van der Waals surface area (Å²) >= 11 is 0. The lowest BCUT2D eigenvalue weighted by atomic mass is 9.89. The Kier molecular flexibility index (Phi) is 6.51. The molecule has 1 aliphatic carbocycles. The predicted molar refractivity (Wildman–Crippen MR) is 105 cm³/mol. The molecular formula is C21H28N2O5. The third-order valence-electron chi connectivity index (χ3n) is 5.22. The van der Waals surface area contributed by atoms with Crippen molar-refractivity contribution in [1.29, 1.82) is 0 Å². The Morgan fingerprint density at radius 3 is 2.43 bits per heavy atom. The van der Waals surface area contributed by atoms with E-state index in [0.717, 1.165) is 35.2 Å². The number of H-pyrrole nitrogens is 1. The molecule has 1 saturated carbocycles. The average molecular weight is 388 g/mol. The molecule has 0 spiro atoms. The fourth-order valence-corrected chi connectivity index (χ4v) is 3.83. The molecule has 0 atom stereocenters. The molecule has 2 aromatic rings. The Balaban J connectivity index is 2.27. The molecule has 0 radical (unpaired) electrons. The lowest BCUT2D eigenvalue weighted by Gasteiger charge is -2.17. The number of carbonyl (C=O) groups excluding carboxylic acids is 1. The van der Waals surface area contributed by atoms with E-state index in [-0.39, 0.29) is 31.7 Å². The summed E-state index contributed by atoms with van der Waals surface area (Å²) in [6.07, 6.45) is 1.98. The molecule has 0 aliphatic heterocycles. The second kappa shape index (κ2) is 8.87. The normalized spacial score (nSPS) is 13.8. The summed E-state index contributed by atoms with van der Waals surface area (Å²) in [5.41, 5.74) is 5.54. The molecule has 152 valence electrons. The first-order valence-electron chi connectivity index (χ1n) is 9.64. The van der Waals surface area contributed by atoms with Crippen LogP contribution in [0.1, 0.15) is 64.1 Å². The molecule has 28 heavy (non-hydrogen) atoms. The van der Waals surface area contributed by atoms with Crippen molar-refractivity contribution in [1.82, 2.24) is 10.3 Å². The molecule has 3 rings (SSSR count). The van der Waals surface area contributed by atoms with E-state index in [1.165, 1.54) is 0 Å². The Morgan fingerprint density at radius 1 is 1.18 bits per heavy atom. The number of nitrogens with one attached hydrogen (secondary N) is 2. The van der Waals surface area contributed by atoms with E-state index >= 15 is 0 Å². The van der Waals surface area contributed by atoms with Gasteiger partial charge in [-0.1, -0.05) is 12.1 Å². The van der Waals surface area contributed by atoms with Crippen LogP contribution in [0.2, 0.25) is 0 Å². The Labute approximate surface area is 164 Å². The van der Waals surface area contributed by atoms with Crippen LogP contribution in [0, 0.1) is 0 Å². The number of hydrogen-bond acceptors (Lipinski definition) is 6. The molecule has 0 amide bonds. The van der Waals surface area contributed by atoms with Gasteiger partial charge in [-0.25, -0.2) is 4.79 Å². The van der Waals surface area contributed by atoms with Gasteiger partial charge in [0.1, 0.15) is 5.69 Å². The first kappa shape index (κ1) is 20.5. The molecule has 0 bridgehead atoms. The molecular weight excluding hydrogens is 360 g/mol. The fraction of sp³-hybridized carbons (Fsp3) is 0.476. The molecule has 1 heterocycles. The van der Waals surface area contributed by atoms with E-state index in [9.17, 15) is 20.1 Å². The van der Waals surface area contributed by atoms with Crippen LogP contribution in [0.4, 0.5) is 0 Å². The van der Waals surface area contributed by atoms with Crippen molar-refractivity contribution in [2.24, 2.45) is 0 Å². The number of ether oxygens (including phenoxy) is 1. The number of aliphatic hydroxyl groups is 3. The molecule has 1 aromatic heterocycles. The van der Waals surface area contributed by atoms with Gasteiger partial charge in [-0.15, -0.1) is 0 Å². The van der Waals surface area contributed by atoms with Crippen LogP contribution in [0.25, 0.3) is 11.1 Å². The predicted octanol–water partition coefficient (Wildman–Crippen LogP) is 1.93. The summed E-state index contributed by atoms with van der Waals surface area (Å²) in [7, 11) is 1.83. The lowest BCUT2D eigenvalue weighted by Crippen LogP contribution is -2.09. The van der Waals surface area contributed by atoms with E-state index in [4.69, 9.17) is 4.74 Å². The number of aliphatic hydroxyl groups excluding tert-OH is 3. The smallest absolute Gasteiger partial charge is 0.355 e. The largest absolute Gasteiger partial charge is 0.461 e. The van der Waals surface area contributed by atoms with Crippen LogP contribution in [0.5, 0.6) is 0 Å². The second-order valence-corrected chi connectivity index (χ2v) is 7.00. The zero-order valence-corrected chi connectivity index (χ0v) is 16.3. The summed E-state index contributed by atoms with van der Waals surface area (Å²) in [6, 6.07) is 3.61. The van der Waals surface area contributed by atoms with Gasteiger partial charge in [-0.2, -0.15) is 0 Å². The summed E-state index contributed by atoms with van der Waals surface area (Å²) in [6.45, 7) is 1.80. The van der Waals surface area contributed by atoms with Gasteiger partial charge in [-0.3, -0.25) is 0 Å². The Morgan fingerprint density at radius 2 is 1.89 bits per heavy atom. The molecule has 5 N–H and O–H groups in total. The van der Waals surface area contributed by atoms with Gasteiger partial charge in [0.25, 0.3) is 0 Å². The Hall–Kier alpha value is -2.19. The standard InChI is InChI=1S/C21H28N2O5/c1-3-28-21(27)20-18(12-4-5-12)19(17(23-20)8-22-2)14-7-6-13(9-24)15(10-25)16(14)11-26/h6-7,12,22-26H,3-5,8-11H2,1-2H3. The molecule has 7 heteroatoms. The van der Waals surface area contributed by atoms with Gasteiger partial charge in [0.05, 0.1) is 26.4 Å². The van der Waals surface area contributed by atoms with Gasteiger partial charge in [0, 0.05) is 17.8 Å². The molecule has 0 saturated heterocycles. The first-order chi connectivity index (χ1) is 13.6. The SMILES string of the molecule is CCOC(=O)c1[nH]c(CNC)c(-c2ccc(CO)c(CO)c2CO)c1C1CC1. The summed E-state index contributed by atoms with van der Waals surface area (Å²) in [5, 5.41) is 32.6. The van der Waals surface area contributed by atoms with Gasteiger partial charge >= 0.3 is 5.97 Å². The number of esters is 1. The molecule has 7 nitrogen and oxygen atoms in total. The highest BCUT2D eigenvalue weighted by Gasteiger charge is 2.35. The van der Waals surface area contributed by atoms with Gasteiger partial charge in [0.2, 0.25) is 0 Å². The quantitative estimate of drug-likeness (QED) is 0.419. The number of benzene rings is 1. The van der Waals surface area contributed by atoms with E-state index < -0.39 is 0 Å². The maximum absolute atomic E-state index is 12.6. The number of carbonyl (C=O) groups is 1. The lowest BCUT2D eigenvalue weighted by molar-refractivity contribution is 0.0518. The van der Waals surface area contributed by atoms with Gasteiger partial charge < -0.3 is 30.4 Å². The number of aromatic amines is 1. The third-order valence-corrected chi connectivity index (χ3v) is 5.22. The topological polar surface area (TPSA) is 115 Å². The summed E-state index contributed by atoms with van der Waals surface area (Å²) in [5.74, 6) is -0.120. The van der Waals surface area contributed by atoms with Crippen molar-refractivity contribution < 1.29 is 24.9 Å². The van der Waals surface area contributed by atoms with Crippen LogP contribution in [-0.2, 0) is 31.1 Å². The maximum atomic E-state index is 12.6. The molecule has 1 aliphatic rings. The van der Waals surface area contributed by atoms with Crippen LogP contribution in [-0.4, -0.2) is 39.9 Å². The number of rotatable bonds is 9. The van der Waals surface area contributed by atoms with Crippen LogP contribution in [0.15, 0.2) is 12.1 Å². The minimum Gasteiger partial charge on any atom is -0.461 e. The van der Waals surface area contributed by atoms with E-state index in [1.807, 2.05) is 13.1 Å². The minimum atomic E-state index is -0.382. The van der Waals surface area contributed by atoms with E-state index in [0.29, 0.717) is 35.5 Å². The highest BCUT2D eigenvalue weighted by atomic mass is 16.5. The van der Waals surface area contributed by atoms with Crippen molar-refractivity contribution in [2.45, 2.75) is 52.0 Å². The van der Waals surface area contributed by atoms with Crippen molar-refractivity contribution >= 4 is 5.97 Å². The average Bonchev–Trinajstić information content (AvgIpc) is 3.48. The van der Waals surface area contributed by atoms with Crippen LogP contribution >= 0.6 is 0 Å². The fourth-order valence-electron chi connectivity index (χ4n) is 3.83. The Bertz CT molecular complexity index is 855. The van der Waals surface area contributed by atoms with Crippen molar-refractivity contribution in [2.75, 3.05) is 13.7 Å². The minimum absolute atomic E-state index is 0.219. The third kappa shape index (κ3) is 3.71. The van der Waals surface area contributed by atoms with Crippen molar-refractivity contribution in [3.63, 3.8) is 0 Å². The summed E-state index contributed by atoms with van der Waals surface area (Å²) < 4.78 is 5.25. The van der Waals surface area contributed by atoms with Crippen molar-refractivity contribution in [3.8, 4) is 11.1 Å². The molecule has 0 unspecified atom stereocenters. The van der Waals surface area contributed by atoms with Crippen LogP contribution < -0.4 is 5.32 Å². The molecule has 1 fully saturated rings. The van der Waals surface area contributed by atoms with Gasteiger partial charge in [0.15, 0.2) is 0 Å². The summed E-state index contributed by atoms with van der Waals surface area (Å²) in [4.78, 5) is 15.8. The second-order valence-electron chi connectivity index (χ2n) is 7.00. The van der Waals surface area contributed by atoms with E-state index in [2.05, 4.69) is 10.3 Å². The number of aromatic nitrogens is 1. The zero-order valence-electron chi connectivity index (χ0n) is 16.3. The highest BCUT2D eigenvalue weighted by molar-refractivity contribution is 5.94. The highest BCUT2D eigenvalue weighted by Crippen LogP contribution is 2.48. The van der Waals surface area contributed by atoms with Gasteiger partial charge in [-0.05, 0) is 60.5 Å². The van der Waals surface area contributed by atoms with Crippen LogP contribution in [0.3, 0.4) is 0 Å². The van der Waals surface area contributed by atoms with Crippen molar-refractivity contribution in [3.05, 3.63) is 45.8 Å². The van der Waals surface area contributed by atoms with E-state index in [1.54, 1.807) is 13.0 Å². The first-order valence-corrected chi connectivity index (χ1v) is 9.64. The maximum Gasteiger partial charge on any atom is 0.355 e.